The Bertz CT molecular complexity index is 633. The number of pyridine rings is 1. The van der Waals surface area contributed by atoms with Crippen molar-refractivity contribution in [3.8, 4) is 5.75 Å². The first kappa shape index (κ1) is 15.5. The molecule has 0 fully saturated rings. The zero-order valence-corrected chi connectivity index (χ0v) is 13.7. The van der Waals surface area contributed by atoms with E-state index in [0.29, 0.717) is 0 Å². The molecule has 1 unspecified atom stereocenters. The molecule has 0 spiro atoms. The van der Waals surface area contributed by atoms with E-state index in [4.69, 9.17) is 4.74 Å². The molecule has 0 aliphatic carbocycles. The molecular weight excluding hydrogens is 264 g/mol. The van der Waals surface area contributed by atoms with Crippen LogP contribution < -0.4 is 10.1 Å². The van der Waals surface area contributed by atoms with Crippen LogP contribution in [-0.4, -0.2) is 28.9 Å². The molecule has 0 saturated carbocycles. The quantitative estimate of drug-likeness (QED) is 0.917. The average molecular weight is 288 g/mol. The first-order valence-electron chi connectivity index (χ1n) is 7.14. The summed E-state index contributed by atoms with van der Waals surface area (Å²) in [5, 5.41) is 7.79. The number of likely N-dealkylation sites (N-methyl/N-ethyl adjacent to an activating group) is 1. The van der Waals surface area contributed by atoms with Gasteiger partial charge in [-0.05, 0) is 27.8 Å². The Kier molecular flexibility index (Phi) is 4.63. The van der Waals surface area contributed by atoms with Crippen molar-refractivity contribution >= 4 is 0 Å². The van der Waals surface area contributed by atoms with Crippen molar-refractivity contribution in [3.63, 3.8) is 0 Å². The van der Waals surface area contributed by atoms with Gasteiger partial charge in [0, 0.05) is 54.3 Å². The predicted molar refractivity (Wildman–Crippen MR) is 83.7 cm³/mol. The zero-order valence-electron chi connectivity index (χ0n) is 13.7. The van der Waals surface area contributed by atoms with Gasteiger partial charge in [0.15, 0.2) is 0 Å². The summed E-state index contributed by atoms with van der Waals surface area (Å²) in [7, 11) is 5.62. The maximum absolute atomic E-state index is 5.49. The van der Waals surface area contributed by atoms with E-state index in [-0.39, 0.29) is 6.04 Å². The van der Waals surface area contributed by atoms with Crippen LogP contribution in [0.4, 0.5) is 0 Å². The van der Waals surface area contributed by atoms with E-state index < -0.39 is 0 Å². The maximum atomic E-state index is 5.49. The molecule has 2 aromatic rings. The molecule has 0 aromatic carbocycles. The van der Waals surface area contributed by atoms with Crippen LogP contribution in [-0.2, 0) is 13.5 Å². The highest BCUT2D eigenvalue weighted by Gasteiger charge is 2.18. The van der Waals surface area contributed by atoms with Gasteiger partial charge in [-0.3, -0.25) is 9.67 Å². The first-order valence-corrected chi connectivity index (χ1v) is 7.14. The van der Waals surface area contributed by atoms with Crippen molar-refractivity contribution in [2.75, 3.05) is 14.2 Å². The van der Waals surface area contributed by atoms with Crippen molar-refractivity contribution < 1.29 is 4.74 Å². The number of nitrogens with one attached hydrogen (secondary N) is 1. The fourth-order valence-corrected chi connectivity index (χ4v) is 2.80. The highest BCUT2D eigenvalue weighted by Crippen LogP contribution is 2.27. The minimum atomic E-state index is 0.192. The number of hydrogen-bond donors (Lipinski definition) is 1. The van der Waals surface area contributed by atoms with Crippen LogP contribution in [0.25, 0.3) is 0 Å². The lowest BCUT2D eigenvalue weighted by Gasteiger charge is -2.18. The van der Waals surface area contributed by atoms with E-state index >= 15 is 0 Å². The first-order chi connectivity index (χ1) is 9.97. The van der Waals surface area contributed by atoms with Crippen molar-refractivity contribution in [1.29, 1.82) is 0 Å². The molecule has 0 radical (unpaired) electrons. The second-order valence-corrected chi connectivity index (χ2v) is 5.44. The Balaban J connectivity index is 2.33. The predicted octanol–water partition coefficient (Wildman–Crippen LogP) is 2.25. The normalized spacial score (nSPS) is 12.5. The van der Waals surface area contributed by atoms with Gasteiger partial charge in [-0.15, -0.1) is 0 Å². The molecule has 114 valence electrons. The molecular formula is C16H24N4O. The van der Waals surface area contributed by atoms with Crippen molar-refractivity contribution in [2.45, 2.75) is 33.2 Å². The number of aromatic nitrogens is 3. The summed E-state index contributed by atoms with van der Waals surface area (Å²) in [6, 6.07) is 0.192. The Hall–Kier alpha value is -1.88. The summed E-state index contributed by atoms with van der Waals surface area (Å²) in [5.41, 5.74) is 5.49. The van der Waals surface area contributed by atoms with Crippen LogP contribution in [0.3, 0.4) is 0 Å². The summed E-state index contributed by atoms with van der Waals surface area (Å²) < 4.78 is 7.34. The Labute approximate surface area is 126 Å². The van der Waals surface area contributed by atoms with Crippen molar-refractivity contribution in [1.82, 2.24) is 20.1 Å². The maximum Gasteiger partial charge on any atom is 0.128 e. The second kappa shape index (κ2) is 6.26. The highest BCUT2D eigenvalue weighted by molar-refractivity contribution is 5.41. The fourth-order valence-electron chi connectivity index (χ4n) is 2.80. The lowest BCUT2D eigenvalue weighted by Crippen LogP contribution is -2.20. The Morgan fingerprint density at radius 1 is 1.33 bits per heavy atom. The standard InChI is InChI=1S/C16H24N4O/c1-10-8-18-14(11(2)16(10)21-6)7-15(17-4)13-9-20(5)19-12(13)3/h8-9,15,17H,7H2,1-6H3. The van der Waals surface area contributed by atoms with Gasteiger partial charge < -0.3 is 10.1 Å². The number of nitrogens with zero attached hydrogens (tertiary/aromatic N) is 3. The van der Waals surface area contributed by atoms with Gasteiger partial charge in [-0.1, -0.05) is 0 Å². The number of hydrogen-bond acceptors (Lipinski definition) is 4. The Morgan fingerprint density at radius 2 is 2.05 bits per heavy atom. The van der Waals surface area contributed by atoms with E-state index in [2.05, 4.69) is 28.5 Å². The van der Waals surface area contributed by atoms with Gasteiger partial charge in [-0.2, -0.15) is 5.10 Å². The fraction of sp³-hybridized carbons (Fsp3) is 0.500. The van der Waals surface area contributed by atoms with Gasteiger partial charge >= 0.3 is 0 Å². The van der Waals surface area contributed by atoms with Crippen LogP contribution in [0.15, 0.2) is 12.4 Å². The van der Waals surface area contributed by atoms with E-state index in [1.54, 1.807) is 7.11 Å². The van der Waals surface area contributed by atoms with Gasteiger partial charge in [0.05, 0.1) is 12.8 Å². The number of ether oxygens (including phenoxy) is 1. The van der Waals surface area contributed by atoms with Crippen LogP contribution >= 0.6 is 0 Å². The third-order valence-corrected chi connectivity index (χ3v) is 3.92. The summed E-state index contributed by atoms with van der Waals surface area (Å²) >= 11 is 0. The molecule has 1 atom stereocenters. The molecule has 0 saturated heterocycles. The van der Waals surface area contributed by atoms with Gasteiger partial charge in [-0.25, -0.2) is 0 Å². The van der Waals surface area contributed by atoms with E-state index in [1.165, 1.54) is 5.56 Å². The largest absolute Gasteiger partial charge is 0.496 e. The minimum absolute atomic E-state index is 0.192. The number of aryl methyl sites for hydroxylation is 3. The molecule has 21 heavy (non-hydrogen) atoms. The molecule has 0 bridgehead atoms. The van der Waals surface area contributed by atoms with Gasteiger partial charge in [0.2, 0.25) is 0 Å². The van der Waals surface area contributed by atoms with E-state index in [1.807, 2.05) is 38.8 Å². The summed E-state index contributed by atoms with van der Waals surface area (Å²) in [4.78, 5) is 4.59. The topological polar surface area (TPSA) is 52.0 Å². The van der Waals surface area contributed by atoms with Crippen LogP contribution in [0.5, 0.6) is 5.75 Å². The molecule has 2 aromatic heterocycles. The molecule has 2 heterocycles. The molecule has 0 aliphatic rings. The summed E-state index contributed by atoms with van der Waals surface area (Å²) in [5.74, 6) is 0.928. The van der Waals surface area contributed by atoms with Crippen molar-refractivity contribution in [2.24, 2.45) is 7.05 Å². The summed E-state index contributed by atoms with van der Waals surface area (Å²) in [6.45, 7) is 6.12. The van der Waals surface area contributed by atoms with Crippen molar-refractivity contribution in [3.05, 3.63) is 40.5 Å². The highest BCUT2D eigenvalue weighted by atomic mass is 16.5. The van der Waals surface area contributed by atoms with Gasteiger partial charge in [0.25, 0.3) is 0 Å². The van der Waals surface area contributed by atoms with Gasteiger partial charge in [0.1, 0.15) is 5.75 Å². The summed E-state index contributed by atoms with van der Waals surface area (Å²) in [6.07, 6.45) is 4.76. The van der Waals surface area contributed by atoms with E-state index in [9.17, 15) is 0 Å². The molecule has 0 amide bonds. The van der Waals surface area contributed by atoms with Crippen LogP contribution in [0, 0.1) is 20.8 Å². The molecule has 0 aliphatic heterocycles. The SMILES string of the molecule is CNC(Cc1ncc(C)c(OC)c1C)c1cn(C)nc1C. The minimum Gasteiger partial charge on any atom is -0.496 e. The lowest BCUT2D eigenvalue weighted by molar-refractivity contribution is 0.406. The van der Waals surface area contributed by atoms with E-state index in [0.717, 1.165) is 34.7 Å². The third kappa shape index (κ3) is 3.08. The monoisotopic (exact) mass is 288 g/mol. The number of rotatable bonds is 5. The molecule has 5 heteroatoms. The number of methoxy groups -OCH3 is 1. The molecule has 1 N–H and O–H groups in total. The molecule has 2 rings (SSSR count). The average Bonchev–Trinajstić information content (AvgIpc) is 2.77. The second-order valence-electron chi connectivity index (χ2n) is 5.44. The third-order valence-electron chi connectivity index (χ3n) is 3.92. The lowest BCUT2D eigenvalue weighted by atomic mass is 9.99. The zero-order chi connectivity index (χ0) is 15.6. The molecule has 5 nitrogen and oxygen atoms in total. The van der Waals surface area contributed by atoms with Crippen LogP contribution in [0.1, 0.15) is 34.1 Å². The Morgan fingerprint density at radius 3 is 2.57 bits per heavy atom. The van der Waals surface area contributed by atoms with Crippen LogP contribution in [0.2, 0.25) is 0 Å². The smallest absolute Gasteiger partial charge is 0.128 e.